The van der Waals surface area contributed by atoms with Crippen molar-refractivity contribution in [3.05, 3.63) is 64.7 Å². The molecule has 0 unspecified atom stereocenters. The molecular formula is C16H15F2NO2. The summed E-state index contributed by atoms with van der Waals surface area (Å²) in [6, 6.07) is 8.93. The summed E-state index contributed by atoms with van der Waals surface area (Å²) in [5, 5.41) is 0. The highest BCUT2D eigenvalue weighted by atomic mass is 19.1. The van der Waals surface area contributed by atoms with E-state index in [1.807, 2.05) is 0 Å². The number of ether oxygens (including phenoxy) is 1. The number of benzene rings is 2. The van der Waals surface area contributed by atoms with E-state index in [0.29, 0.717) is 12.0 Å². The summed E-state index contributed by atoms with van der Waals surface area (Å²) in [4.78, 5) is 11.3. The van der Waals surface area contributed by atoms with Crippen LogP contribution in [0, 0.1) is 11.6 Å². The quantitative estimate of drug-likeness (QED) is 0.695. The van der Waals surface area contributed by atoms with Gasteiger partial charge in [-0.3, -0.25) is 0 Å². The summed E-state index contributed by atoms with van der Waals surface area (Å²) in [7, 11) is 1.31. The van der Waals surface area contributed by atoms with Crippen molar-refractivity contribution < 1.29 is 18.3 Å². The summed E-state index contributed by atoms with van der Waals surface area (Å²) in [6.07, 6.45) is 0.675. The second-order valence-corrected chi connectivity index (χ2v) is 4.65. The number of esters is 1. The number of nitrogen functional groups attached to an aromatic ring is 1. The fourth-order valence-electron chi connectivity index (χ4n) is 2.06. The van der Waals surface area contributed by atoms with E-state index in [0.717, 1.165) is 17.7 Å². The Morgan fingerprint density at radius 3 is 2.19 bits per heavy atom. The summed E-state index contributed by atoms with van der Waals surface area (Å²) in [5.74, 6) is -1.70. The largest absolute Gasteiger partial charge is 0.465 e. The van der Waals surface area contributed by atoms with Crippen LogP contribution in [-0.2, 0) is 17.6 Å². The third-order valence-electron chi connectivity index (χ3n) is 3.20. The van der Waals surface area contributed by atoms with Crippen molar-refractivity contribution in [3.8, 4) is 0 Å². The number of halogens is 2. The van der Waals surface area contributed by atoms with Gasteiger partial charge in [0.05, 0.1) is 12.7 Å². The molecule has 0 heterocycles. The Hall–Kier alpha value is -2.43. The van der Waals surface area contributed by atoms with Crippen LogP contribution in [0.1, 0.15) is 21.5 Å². The van der Waals surface area contributed by atoms with Crippen LogP contribution in [0.25, 0.3) is 0 Å². The van der Waals surface area contributed by atoms with Crippen molar-refractivity contribution in [1.29, 1.82) is 0 Å². The smallest absolute Gasteiger partial charge is 0.337 e. The molecule has 2 aromatic rings. The van der Waals surface area contributed by atoms with Gasteiger partial charge in [0, 0.05) is 11.3 Å². The van der Waals surface area contributed by atoms with Crippen LogP contribution in [0.5, 0.6) is 0 Å². The molecule has 0 aromatic heterocycles. The molecule has 0 aliphatic rings. The molecule has 0 radical (unpaired) electrons. The van der Waals surface area contributed by atoms with Crippen molar-refractivity contribution >= 4 is 11.7 Å². The fourth-order valence-corrected chi connectivity index (χ4v) is 2.06. The average Bonchev–Trinajstić information content (AvgIpc) is 2.46. The zero-order valence-corrected chi connectivity index (χ0v) is 11.5. The zero-order chi connectivity index (χ0) is 15.4. The van der Waals surface area contributed by atoms with Crippen LogP contribution in [0.3, 0.4) is 0 Å². The van der Waals surface area contributed by atoms with Gasteiger partial charge in [0.2, 0.25) is 0 Å². The number of carbonyl (C=O) groups excluding carboxylic acids is 1. The number of aryl methyl sites for hydroxylation is 1. The van der Waals surface area contributed by atoms with E-state index in [1.165, 1.54) is 7.11 Å². The first-order chi connectivity index (χ1) is 10.0. The molecule has 3 nitrogen and oxygen atoms in total. The molecule has 2 N–H and O–H groups in total. The van der Waals surface area contributed by atoms with Crippen LogP contribution in [0.15, 0.2) is 36.4 Å². The minimum Gasteiger partial charge on any atom is -0.465 e. The van der Waals surface area contributed by atoms with Crippen LogP contribution < -0.4 is 5.73 Å². The van der Waals surface area contributed by atoms with E-state index in [-0.39, 0.29) is 17.7 Å². The van der Waals surface area contributed by atoms with Gasteiger partial charge in [0.25, 0.3) is 0 Å². The fraction of sp³-hybridized carbons (Fsp3) is 0.188. The number of hydrogen-bond acceptors (Lipinski definition) is 3. The minimum absolute atomic E-state index is 0.0150. The third kappa shape index (κ3) is 3.56. The minimum atomic E-state index is -0.640. The molecule has 21 heavy (non-hydrogen) atoms. The Morgan fingerprint density at radius 1 is 1.10 bits per heavy atom. The molecule has 0 aliphatic heterocycles. The first kappa shape index (κ1) is 15.0. The summed E-state index contributed by atoms with van der Waals surface area (Å²) in [6.45, 7) is 0. The Labute approximate surface area is 121 Å². The van der Waals surface area contributed by atoms with Gasteiger partial charge >= 0.3 is 5.97 Å². The highest BCUT2D eigenvalue weighted by Crippen LogP contribution is 2.19. The lowest BCUT2D eigenvalue weighted by Crippen LogP contribution is -2.03. The SMILES string of the molecule is COC(=O)c1ccc(CCc2c(F)cc(N)cc2F)cc1. The van der Waals surface area contributed by atoms with Gasteiger partial charge in [-0.15, -0.1) is 0 Å². The summed E-state index contributed by atoms with van der Waals surface area (Å²) < 4.78 is 31.9. The van der Waals surface area contributed by atoms with Gasteiger partial charge in [-0.05, 0) is 42.7 Å². The van der Waals surface area contributed by atoms with E-state index >= 15 is 0 Å². The number of carbonyl (C=O) groups is 1. The number of methoxy groups -OCH3 is 1. The Morgan fingerprint density at radius 2 is 1.67 bits per heavy atom. The van der Waals surface area contributed by atoms with Crippen LogP contribution >= 0.6 is 0 Å². The standard InChI is InChI=1S/C16H15F2NO2/c1-21-16(20)11-5-2-10(3-6-11)4-7-13-14(17)8-12(19)9-15(13)18/h2-3,5-6,8-9H,4,7,19H2,1H3. The van der Waals surface area contributed by atoms with E-state index in [2.05, 4.69) is 4.74 Å². The van der Waals surface area contributed by atoms with Crippen molar-refractivity contribution in [3.63, 3.8) is 0 Å². The number of hydrogen-bond donors (Lipinski definition) is 1. The lowest BCUT2D eigenvalue weighted by Gasteiger charge is -2.07. The van der Waals surface area contributed by atoms with Crippen molar-refractivity contribution in [1.82, 2.24) is 0 Å². The second-order valence-electron chi connectivity index (χ2n) is 4.65. The monoisotopic (exact) mass is 291 g/mol. The molecule has 0 fully saturated rings. The van der Waals surface area contributed by atoms with Crippen molar-refractivity contribution in [2.75, 3.05) is 12.8 Å². The first-order valence-electron chi connectivity index (χ1n) is 6.42. The highest BCUT2D eigenvalue weighted by Gasteiger charge is 2.11. The Kier molecular flexibility index (Phi) is 4.52. The molecule has 5 heteroatoms. The molecule has 110 valence electrons. The molecule has 0 atom stereocenters. The predicted octanol–water partition coefficient (Wildman–Crippen LogP) is 3.12. The molecule has 2 rings (SSSR count). The van der Waals surface area contributed by atoms with Gasteiger partial charge in [-0.2, -0.15) is 0 Å². The highest BCUT2D eigenvalue weighted by molar-refractivity contribution is 5.89. The average molecular weight is 291 g/mol. The van der Waals surface area contributed by atoms with Crippen molar-refractivity contribution in [2.24, 2.45) is 0 Å². The van der Waals surface area contributed by atoms with Crippen LogP contribution in [0.4, 0.5) is 14.5 Å². The molecule has 0 bridgehead atoms. The van der Waals surface area contributed by atoms with E-state index in [4.69, 9.17) is 5.73 Å². The molecule has 0 amide bonds. The lowest BCUT2D eigenvalue weighted by atomic mass is 10.0. The Bertz CT molecular complexity index is 631. The van der Waals surface area contributed by atoms with Gasteiger partial charge in [0.15, 0.2) is 0 Å². The van der Waals surface area contributed by atoms with Crippen LogP contribution in [-0.4, -0.2) is 13.1 Å². The maximum absolute atomic E-state index is 13.6. The topological polar surface area (TPSA) is 52.3 Å². The maximum Gasteiger partial charge on any atom is 0.337 e. The summed E-state index contributed by atoms with van der Waals surface area (Å²) in [5.41, 5.74) is 6.76. The maximum atomic E-state index is 13.6. The Balaban J connectivity index is 2.08. The predicted molar refractivity (Wildman–Crippen MR) is 76.0 cm³/mol. The molecular weight excluding hydrogens is 276 g/mol. The molecule has 0 saturated carbocycles. The number of rotatable bonds is 4. The van der Waals surface area contributed by atoms with E-state index in [9.17, 15) is 13.6 Å². The second kappa shape index (κ2) is 6.35. The first-order valence-corrected chi connectivity index (χ1v) is 6.42. The van der Waals surface area contributed by atoms with E-state index < -0.39 is 17.6 Å². The lowest BCUT2D eigenvalue weighted by molar-refractivity contribution is 0.0600. The van der Waals surface area contributed by atoms with Gasteiger partial charge in [-0.1, -0.05) is 12.1 Å². The molecule has 0 aliphatic carbocycles. The molecule has 0 spiro atoms. The van der Waals surface area contributed by atoms with Gasteiger partial charge < -0.3 is 10.5 Å². The zero-order valence-electron chi connectivity index (χ0n) is 11.5. The van der Waals surface area contributed by atoms with Crippen molar-refractivity contribution in [2.45, 2.75) is 12.8 Å². The molecule has 2 aromatic carbocycles. The van der Waals surface area contributed by atoms with Gasteiger partial charge in [-0.25, -0.2) is 13.6 Å². The van der Waals surface area contributed by atoms with Crippen LogP contribution in [0.2, 0.25) is 0 Å². The molecule has 0 saturated heterocycles. The number of anilines is 1. The summed E-state index contributed by atoms with van der Waals surface area (Å²) >= 11 is 0. The number of nitrogens with two attached hydrogens (primary N) is 1. The normalized spacial score (nSPS) is 10.4. The van der Waals surface area contributed by atoms with E-state index in [1.54, 1.807) is 24.3 Å². The third-order valence-corrected chi connectivity index (χ3v) is 3.20. The van der Waals surface area contributed by atoms with Gasteiger partial charge in [0.1, 0.15) is 11.6 Å².